The largest absolute Gasteiger partial charge is 0.256 e. The van der Waals surface area contributed by atoms with Crippen LogP contribution in [0.2, 0.25) is 0 Å². The minimum absolute atomic E-state index is 0.393. The highest BCUT2D eigenvalue weighted by molar-refractivity contribution is 7.20. The monoisotopic (exact) mass is 647 g/mol. The van der Waals surface area contributed by atoms with Gasteiger partial charge in [0, 0.05) is 49.3 Å². The van der Waals surface area contributed by atoms with Gasteiger partial charge >= 0.3 is 0 Å². The minimum atomic E-state index is 0.393. The Balaban J connectivity index is 1.18. The molecule has 3 heterocycles. The summed E-state index contributed by atoms with van der Waals surface area (Å²) in [6.07, 6.45) is 16.9. The molecule has 0 amide bonds. The lowest BCUT2D eigenvalue weighted by Gasteiger charge is -2.21. The third-order valence-corrected chi connectivity index (χ3v) is 10.7. The Morgan fingerprint density at radius 1 is 0.612 bits per heavy atom. The summed E-state index contributed by atoms with van der Waals surface area (Å²) in [6.45, 7) is 0. The fourth-order valence-electron chi connectivity index (χ4n) is 7.13. The number of aromatic nitrogens is 3. The number of nitrogens with zero attached hydrogens (tertiary/aromatic N) is 3. The van der Waals surface area contributed by atoms with Crippen LogP contribution in [0.5, 0.6) is 0 Å². The highest BCUT2D eigenvalue weighted by Gasteiger charge is 2.24. The lowest BCUT2D eigenvalue weighted by molar-refractivity contribution is 0.758. The lowest BCUT2D eigenvalue weighted by atomic mass is 9.83. The van der Waals surface area contributed by atoms with E-state index in [1.165, 1.54) is 37.2 Å². The van der Waals surface area contributed by atoms with Crippen molar-refractivity contribution in [3.63, 3.8) is 0 Å². The zero-order valence-electron chi connectivity index (χ0n) is 27.0. The quantitative estimate of drug-likeness (QED) is 0.180. The summed E-state index contributed by atoms with van der Waals surface area (Å²) in [5.41, 5.74) is 12.1. The first kappa shape index (κ1) is 29.4. The standard InChI is InChI=1S/C45H33N3S/c1-4-12-30(13-5-1)32-21-23-33(24-22-32)39-29-40(48-45(47-39)34-16-8-3-9-17-34)36-19-11-27-46-44(36)37-18-10-20-42-43(37)38-28-35(25-26-41(38)49-42)31-14-6-2-7-15-31/h1,3-6,8-27,29,35H,2,7,28H2. The Morgan fingerprint density at radius 3 is 2.14 bits per heavy atom. The maximum Gasteiger partial charge on any atom is 0.160 e. The second-order valence-electron chi connectivity index (χ2n) is 12.6. The van der Waals surface area contributed by atoms with E-state index in [0.717, 1.165) is 58.6 Å². The van der Waals surface area contributed by atoms with Crippen molar-refractivity contribution in [2.45, 2.75) is 19.3 Å². The fraction of sp³-hybridized carbons (Fsp3) is 0.0889. The molecule has 2 aliphatic rings. The number of pyridine rings is 1. The first-order valence-electron chi connectivity index (χ1n) is 16.9. The van der Waals surface area contributed by atoms with E-state index in [2.05, 4.69) is 121 Å². The van der Waals surface area contributed by atoms with E-state index in [0.29, 0.717) is 11.7 Å². The van der Waals surface area contributed by atoms with E-state index >= 15 is 0 Å². The van der Waals surface area contributed by atoms with E-state index in [1.807, 2.05) is 47.9 Å². The Hall–Kier alpha value is -5.71. The smallest absolute Gasteiger partial charge is 0.160 e. The van der Waals surface area contributed by atoms with Crippen molar-refractivity contribution in [1.82, 2.24) is 15.0 Å². The van der Waals surface area contributed by atoms with Crippen LogP contribution in [0, 0.1) is 5.92 Å². The summed E-state index contributed by atoms with van der Waals surface area (Å²) in [5, 5.41) is 1.31. The zero-order valence-corrected chi connectivity index (χ0v) is 27.8. The van der Waals surface area contributed by atoms with Gasteiger partial charge in [-0.25, -0.2) is 9.97 Å². The molecule has 1 unspecified atom stereocenters. The van der Waals surface area contributed by atoms with E-state index in [1.54, 1.807) is 0 Å². The van der Waals surface area contributed by atoms with Crippen LogP contribution in [-0.2, 0) is 6.42 Å². The molecule has 0 radical (unpaired) electrons. The summed E-state index contributed by atoms with van der Waals surface area (Å²) in [4.78, 5) is 16.7. The molecule has 234 valence electrons. The molecule has 0 aliphatic heterocycles. The molecule has 3 nitrogen and oxygen atoms in total. The van der Waals surface area contributed by atoms with Crippen molar-refractivity contribution >= 4 is 27.5 Å². The van der Waals surface area contributed by atoms with E-state index < -0.39 is 0 Å². The lowest BCUT2D eigenvalue weighted by Crippen LogP contribution is -2.09. The minimum Gasteiger partial charge on any atom is -0.256 e. The summed E-state index contributed by atoms with van der Waals surface area (Å²) in [6, 6.07) is 42.3. The average Bonchev–Trinajstić information content (AvgIpc) is 3.57. The van der Waals surface area contributed by atoms with Crippen molar-refractivity contribution in [2.75, 3.05) is 0 Å². The van der Waals surface area contributed by atoms with Gasteiger partial charge in [0.2, 0.25) is 0 Å². The third-order valence-electron chi connectivity index (χ3n) is 9.59. The number of thiophene rings is 1. The SMILES string of the molecule is C1=CC(C2C=Cc3sc4cccc(-c5ncccc5-c5cc(-c6ccc(-c7ccccc7)cc6)nc(-c6ccccc6)n5)c4c3C2)=CCC1. The maximum atomic E-state index is 5.20. The molecule has 3 aromatic heterocycles. The number of fused-ring (bicyclic) bond motifs is 3. The summed E-state index contributed by atoms with van der Waals surface area (Å²) in [5.74, 6) is 1.09. The molecule has 2 aliphatic carbocycles. The van der Waals surface area contributed by atoms with Crippen molar-refractivity contribution in [3.05, 3.63) is 168 Å². The van der Waals surface area contributed by atoms with E-state index in [-0.39, 0.29) is 0 Å². The molecule has 0 saturated heterocycles. The van der Waals surface area contributed by atoms with Crippen molar-refractivity contribution in [2.24, 2.45) is 5.92 Å². The first-order valence-corrected chi connectivity index (χ1v) is 17.8. The molecule has 4 heteroatoms. The predicted molar refractivity (Wildman–Crippen MR) is 205 cm³/mol. The number of rotatable bonds is 6. The van der Waals surface area contributed by atoms with Gasteiger partial charge in [-0.05, 0) is 71.9 Å². The summed E-state index contributed by atoms with van der Waals surface area (Å²) < 4.78 is 1.30. The van der Waals surface area contributed by atoms with Gasteiger partial charge in [0.15, 0.2) is 5.82 Å². The van der Waals surface area contributed by atoms with E-state index in [9.17, 15) is 0 Å². The number of allylic oxidation sites excluding steroid dienone is 5. The molecule has 4 aromatic carbocycles. The number of benzene rings is 4. The van der Waals surface area contributed by atoms with Gasteiger partial charge in [-0.3, -0.25) is 4.98 Å². The molecule has 0 N–H and O–H groups in total. The molecular weight excluding hydrogens is 615 g/mol. The van der Waals surface area contributed by atoms with Crippen LogP contribution in [0.1, 0.15) is 23.3 Å². The van der Waals surface area contributed by atoms with Gasteiger partial charge < -0.3 is 0 Å². The number of hydrogen-bond donors (Lipinski definition) is 0. The van der Waals surface area contributed by atoms with E-state index in [4.69, 9.17) is 15.0 Å². The van der Waals surface area contributed by atoms with Crippen molar-refractivity contribution in [1.29, 1.82) is 0 Å². The molecule has 7 aromatic rings. The summed E-state index contributed by atoms with van der Waals surface area (Å²) in [7, 11) is 0. The first-order chi connectivity index (χ1) is 24.3. The highest BCUT2D eigenvalue weighted by Crippen LogP contribution is 2.45. The molecule has 1 atom stereocenters. The number of hydrogen-bond acceptors (Lipinski definition) is 4. The third kappa shape index (κ3) is 5.64. The van der Waals surface area contributed by atoms with Gasteiger partial charge in [0.25, 0.3) is 0 Å². The van der Waals surface area contributed by atoms with Gasteiger partial charge in [0.1, 0.15) is 0 Å². The maximum absolute atomic E-state index is 5.20. The Labute approximate surface area is 290 Å². The average molecular weight is 648 g/mol. The van der Waals surface area contributed by atoms with Gasteiger partial charge in [0.05, 0.1) is 17.1 Å². The topological polar surface area (TPSA) is 38.7 Å². The van der Waals surface area contributed by atoms with Crippen LogP contribution in [0.25, 0.3) is 72.4 Å². The molecule has 9 rings (SSSR count). The van der Waals surface area contributed by atoms with Crippen LogP contribution in [0.3, 0.4) is 0 Å². The normalized spacial score (nSPS) is 15.3. The Bertz CT molecular complexity index is 2400. The molecule has 0 saturated carbocycles. The molecule has 0 bridgehead atoms. The predicted octanol–water partition coefficient (Wildman–Crippen LogP) is 11.9. The van der Waals surface area contributed by atoms with Crippen molar-refractivity contribution in [3.8, 4) is 56.3 Å². The molecular formula is C45H33N3S. The van der Waals surface area contributed by atoms with Crippen LogP contribution in [0.4, 0.5) is 0 Å². The molecule has 0 fully saturated rings. The second kappa shape index (κ2) is 12.7. The van der Waals surface area contributed by atoms with Crippen LogP contribution >= 0.6 is 11.3 Å². The highest BCUT2D eigenvalue weighted by atomic mass is 32.1. The van der Waals surface area contributed by atoms with Gasteiger partial charge in [-0.1, -0.05) is 121 Å². The van der Waals surface area contributed by atoms with Gasteiger partial charge in [-0.2, -0.15) is 0 Å². The van der Waals surface area contributed by atoms with Crippen LogP contribution < -0.4 is 0 Å². The van der Waals surface area contributed by atoms with Crippen molar-refractivity contribution < 1.29 is 0 Å². The van der Waals surface area contributed by atoms with Crippen LogP contribution in [-0.4, -0.2) is 15.0 Å². The van der Waals surface area contributed by atoms with Crippen LogP contribution in [0.15, 0.2) is 157 Å². The molecule has 0 spiro atoms. The Morgan fingerprint density at radius 2 is 1.35 bits per heavy atom. The zero-order chi connectivity index (χ0) is 32.6. The fourth-order valence-corrected chi connectivity index (χ4v) is 8.31. The summed E-state index contributed by atoms with van der Waals surface area (Å²) >= 11 is 1.88. The Kier molecular flexibility index (Phi) is 7.64. The van der Waals surface area contributed by atoms with Gasteiger partial charge in [-0.15, -0.1) is 11.3 Å². The molecule has 49 heavy (non-hydrogen) atoms. The second-order valence-corrected chi connectivity index (χ2v) is 13.7.